The van der Waals surface area contributed by atoms with Gasteiger partial charge in [0.2, 0.25) is 0 Å². The lowest BCUT2D eigenvalue weighted by molar-refractivity contribution is -0.151. The fourth-order valence-electron chi connectivity index (χ4n) is 3.79. The molecular weight excluding hydrogens is 264 g/mol. The number of ether oxygens (including phenoxy) is 1. The van der Waals surface area contributed by atoms with Crippen LogP contribution in [0, 0.1) is 5.92 Å². The van der Waals surface area contributed by atoms with Gasteiger partial charge in [0.25, 0.3) is 0 Å². The highest BCUT2D eigenvalue weighted by Gasteiger charge is 2.49. The van der Waals surface area contributed by atoms with Crippen molar-refractivity contribution in [1.29, 1.82) is 0 Å². The number of carbonyl (C=O) groups excluding carboxylic acids is 1. The lowest BCUT2D eigenvalue weighted by Crippen LogP contribution is -2.58. The molecule has 1 rings (SSSR count). The maximum absolute atomic E-state index is 12.4. The van der Waals surface area contributed by atoms with Crippen molar-refractivity contribution >= 4 is 5.97 Å². The van der Waals surface area contributed by atoms with E-state index in [1.54, 1.807) is 0 Å². The zero-order chi connectivity index (χ0) is 16.0. The van der Waals surface area contributed by atoms with Crippen molar-refractivity contribution in [3.05, 3.63) is 0 Å². The average Bonchev–Trinajstić information content (AvgIpc) is 2.81. The van der Waals surface area contributed by atoms with Crippen LogP contribution in [0.4, 0.5) is 0 Å². The normalized spacial score (nSPS) is 26.0. The zero-order valence-corrected chi connectivity index (χ0v) is 14.7. The Balaban J connectivity index is 2.80. The van der Waals surface area contributed by atoms with Crippen LogP contribution in [0.2, 0.25) is 0 Å². The second-order valence-corrected chi connectivity index (χ2v) is 6.86. The van der Waals surface area contributed by atoms with Crippen LogP contribution in [0.15, 0.2) is 0 Å². The molecule has 0 radical (unpaired) electrons. The second-order valence-electron chi connectivity index (χ2n) is 6.86. The summed E-state index contributed by atoms with van der Waals surface area (Å²) in [7, 11) is 1.51. The van der Waals surface area contributed by atoms with Gasteiger partial charge in [0.15, 0.2) is 0 Å². The van der Waals surface area contributed by atoms with Gasteiger partial charge in [0, 0.05) is 12.1 Å². The summed E-state index contributed by atoms with van der Waals surface area (Å²) in [5, 5.41) is 3.53. The van der Waals surface area contributed by atoms with E-state index >= 15 is 0 Å². The molecule has 1 aliphatic carbocycles. The van der Waals surface area contributed by atoms with E-state index in [1.165, 1.54) is 7.11 Å². The number of esters is 1. The molecule has 21 heavy (non-hydrogen) atoms. The zero-order valence-electron chi connectivity index (χ0n) is 14.7. The molecule has 2 unspecified atom stereocenters. The Kier molecular flexibility index (Phi) is 7.14. The van der Waals surface area contributed by atoms with Crippen LogP contribution in [-0.2, 0) is 9.53 Å². The van der Waals surface area contributed by atoms with Crippen LogP contribution in [0.25, 0.3) is 0 Å². The van der Waals surface area contributed by atoms with Crippen molar-refractivity contribution in [3.63, 3.8) is 0 Å². The third kappa shape index (κ3) is 4.43. The lowest BCUT2D eigenvalue weighted by atomic mass is 9.83. The van der Waals surface area contributed by atoms with Crippen LogP contribution in [-0.4, -0.2) is 48.7 Å². The smallest absolute Gasteiger partial charge is 0.326 e. The Morgan fingerprint density at radius 3 is 2.52 bits per heavy atom. The largest absolute Gasteiger partial charge is 0.468 e. The summed E-state index contributed by atoms with van der Waals surface area (Å²) in [6.07, 6.45) is 4.18. The van der Waals surface area contributed by atoms with Gasteiger partial charge in [-0.1, -0.05) is 13.3 Å². The molecule has 4 heteroatoms. The lowest BCUT2D eigenvalue weighted by Gasteiger charge is -2.37. The van der Waals surface area contributed by atoms with Crippen LogP contribution in [0.3, 0.4) is 0 Å². The van der Waals surface area contributed by atoms with Gasteiger partial charge in [-0.25, -0.2) is 0 Å². The minimum atomic E-state index is -0.473. The van der Waals surface area contributed by atoms with E-state index in [0.717, 1.165) is 38.8 Å². The fraction of sp³-hybridized carbons (Fsp3) is 0.941. The van der Waals surface area contributed by atoms with Crippen LogP contribution >= 0.6 is 0 Å². The summed E-state index contributed by atoms with van der Waals surface area (Å²) in [4.78, 5) is 14.9. The quantitative estimate of drug-likeness (QED) is 0.700. The minimum Gasteiger partial charge on any atom is -0.468 e. The van der Waals surface area contributed by atoms with Crippen LogP contribution in [0.1, 0.15) is 60.3 Å². The molecule has 0 heterocycles. The Hall–Kier alpha value is -0.610. The van der Waals surface area contributed by atoms with E-state index in [4.69, 9.17) is 4.74 Å². The van der Waals surface area contributed by atoms with Gasteiger partial charge >= 0.3 is 5.97 Å². The van der Waals surface area contributed by atoms with Crippen LogP contribution in [0.5, 0.6) is 0 Å². The highest BCUT2D eigenvalue weighted by molar-refractivity contribution is 5.81. The third-order valence-corrected chi connectivity index (χ3v) is 4.82. The van der Waals surface area contributed by atoms with Gasteiger partial charge in [-0.15, -0.1) is 0 Å². The summed E-state index contributed by atoms with van der Waals surface area (Å²) in [5.41, 5.74) is -0.473. The summed E-state index contributed by atoms with van der Waals surface area (Å²) in [5.74, 6) is 0.298. The molecule has 0 aromatic rings. The molecule has 0 saturated heterocycles. The van der Waals surface area contributed by atoms with Gasteiger partial charge < -0.3 is 9.64 Å². The van der Waals surface area contributed by atoms with E-state index in [1.807, 2.05) is 0 Å². The van der Waals surface area contributed by atoms with E-state index in [0.29, 0.717) is 12.0 Å². The molecule has 0 spiro atoms. The summed E-state index contributed by atoms with van der Waals surface area (Å²) >= 11 is 0. The molecule has 0 aromatic carbocycles. The van der Waals surface area contributed by atoms with Gasteiger partial charge in [-0.2, -0.15) is 0 Å². The molecule has 0 aliphatic heterocycles. The molecule has 0 amide bonds. The third-order valence-electron chi connectivity index (χ3n) is 4.82. The van der Waals surface area contributed by atoms with Crippen molar-refractivity contribution in [1.82, 2.24) is 10.2 Å². The first kappa shape index (κ1) is 18.4. The predicted molar refractivity (Wildman–Crippen MR) is 87.4 cm³/mol. The van der Waals surface area contributed by atoms with Gasteiger partial charge in [-0.3, -0.25) is 10.1 Å². The summed E-state index contributed by atoms with van der Waals surface area (Å²) < 4.78 is 5.13. The molecule has 0 aromatic heterocycles. The number of nitrogens with one attached hydrogen (secondary N) is 1. The predicted octanol–water partition coefficient (Wildman–Crippen LogP) is 2.82. The van der Waals surface area contributed by atoms with E-state index < -0.39 is 5.54 Å². The molecule has 2 atom stereocenters. The van der Waals surface area contributed by atoms with Crippen molar-refractivity contribution < 1.29 is 9.53 Å². The van der Waals surface area contributed by atoms with Gasteiger partial charge in [0.1, 0.15) is 5.54 Å². The SMILES string of the molecule is CCN(CCC1CCCC1(NC(C)C)C(=O)OC)C(C)C. The monoisotopic (exact) mass is 298 g/mol. The molecule has 1 fully saturated rings. The minimum absolute atomic E-state index is 0.0775. The molecule has 1 aliphatic rings. The highest BCUT2D eigenvalue weighted by atomic mass is 16.5. The topological polar surface area (TPSA) is 41.6 Å². The standard InChI is InChI=1S/C17H34N2O2/c1-7-19(14(4)5)12-10-15-9-8-11-17(15,16(20)21-6)18-13(2)3/h13-15,18H,7-12H2,1-6H3. The molecule has 1 N–H and O–H groups in total. The van der Waals surface area contributed by atoms with Crippen LogP contribution < -0.4 is 5.32 Å². The Morgan fingerprint density at radius 1 is 1.38 bits per heavy atom. The van der Waals surface area contributed by atoms with Crippen molar-refractivity contribution in [2.45, 2.75) is 77.9 Å². The molecule has 0 bridgehead atoms. The number of carbonyl (C=O) groups is 1. The maximum atomic E-state index is 12.4. The number of hydrogen-bond acceptors (Lipinski definition) is 4. The Labute approximate surface area is 130 Å². The van der Waals surface area contributed by atoms with Crippen molar-refractivity contribution in [2.75, 3.05) is 20.2 Å². The first-order valence-corrected chi connectivity index (χ1v) is 8.47. The average molecular weight is 298 g/mol. The summed E-state index contributed by atoms with van der Waals surface area (Å²) in [6, 6.07) is 0.846. The number of rotatable bonds is 8. The van der Waals surface area contributed by atoms with E-state index in [9.17, 15) is 4.79 Å². The molecule has 1 saturated carbocycles. The molecular formula is C17H34N2O2. The number of hydrogen-bond donors (Lipinski definition) is 1. The van der Waals surface area contributed by atoms with E-state index in [-0.39, 0.29) is 12.0 Å². The number of methoxy groups -OCH3 is 1. The second kappa shape index (κ2) is 8.14. The fourth-order valence-corrected chi connectivity index (χ4v) is 3.79. The van der Waals surface area contributed by atoms with Crippen molar-refractivity contribution in [3.8, 4) is 0 Å². The first-order chi connectivity index (χ1) is 9.87. The first-order valence-electron chi connectivity index (χ1n) is 8.47. The highest BCUT2D eigenvalue weighted by Crippen LogP contribution is 2.39. The Morgan fingerprint density at radius 2 is 2.05 bits per heavy atom. The number of nitrogens with zero attached hydrogens (tertiary/aromatic N) is 1. The molecule has 4 nitrogen and oxygen atoms in total. The van der Waals surface area contributed by atoms with Gasteiger partial charge in [0.05, 0.1) is 7.11 Å². The van der Waals surface area contributed by atoms with Crippen molar-refractivity contribution in [2.24, 2.45) is 5.92 Å². The molecule has 124 valence electrons. The maximum Gasteiger partial charge on any atom is 0.326 e. The van der Waals surface area contributed by atoms with Gasteiger partial charge in [-0.05, 0) is 66.0 Å². The van der Waals surface area contributed by atoms with E-state index in [2.05, 4.69) is 44.8 Å². The summed E-state index contributed by atoms with van der Waals surface area (Å²) in [6.45, 7) is 13.0. The Bertz CT molecular complexity index is 331.